The summed E-state index contributed by atoms with van der Waals surface area (Å²) in [6.07, 6.45) is 9.62. The third-order valence-corrected chi connectivity index (χ3v) is 5.69. The maximum Gasteiger partial charge on any atom is 0.237 e. The normalized spacial score (nSPS) is 24.7. The molecule has 3 rings (SSSR count). The van der Waals surface area contributed by atoms with E-state index in [0.29, 0.717) is 24.5 Å². The van der Waals surface area contributed by atoms with Crippen LogP contribution in [-0.2, 0) is 4.79 Å². The smallest absolute Gasteiger partial charge is 0.237 e. The van der Waals surface area contributed by atoms with E-state index in [9.17, 15) is 4.79 Å². The van der Waals surface area contributed by atoms with Gasteiger partial charge in [-0.1, -0.05) is 0 Å². The lowest BCUT2D eigenvalue weighted by Gasteiger charge is -2.30. The zero-order valence-corrected chi connectivity index (χ0v) is 17.6. The van der Waals surface area contributed by atoms with Crippen molar-refractivity contribution in [1.29, 1.82) is 5.26 Å². The van der Waals surface area contributed by atoms with Crippen molar-refractivity contribution in [3.05, 3.63) is 16.9 Å². The Balaban J connectivity index is 0.00000261. The largest absolute Gasteiger partial charge is 0.354 e. The van der Waals surface area contributed by atoms with E-state index in [1.807, 2.05) is 0 Å². The highest BCUT2D eigenvalue weighted by molar-refractivity contribution is 9.10. The van der Waals surface area contributed by atoms with E-state index in [-0.39, 0.29) is 24.4 Å². The molecule has 0 radical (unpaired) electrons. The van der Waals surface area contributed by atoms with E-state index >= 15 is 0 Å². The number of hydrogen-bond acceptors (Lipinski definition) is 6. The number of carbonyl (C=O) groups is 1. The lowest BCUT2D eigenvalue weighted by molar-refractivity contribution is -0.130. The lowest BCUT2D eigenvalue weighted by Crippen LogP contribution is -2.44. The zero-order chi connectivity index (χ0) is 18.4. The van der Waals surface area contributed by atoms with E-state index in [2.05, 4.69) is 42.6 Å². The maximum atomic E-state index is 12.3. The first kappa shape index (κ1) is 21.9. The molecule has 2 N–H and O–H groups in total. The van der Waals surface area contributed by atoms with Gasteiger partial charge in [-0.05, 0) is 60.4 Å². The molecule has 1 aromatic heterocycles. The standard InChI is InChI=1S/C18H25BrN6O.ClH/c19-14-10-23-18(24-11-14)22-9-13-3-5-15(6-4-13)21-12-17(26)25-7-1-2-16(25)8-20;/h10-11,13,15-16,21H,1-7,9,12H2,(H,22,23,24);1H/t13-,15-,16-;/m0./s1. The van der Waals surface area contributed by atoms with Crippen molar-refractivity contribution in [2.75, 3.05) is 25.0 Å². The number of amides is 1. The molecule has 0 bridgehead atoms. The minimum atomic E-state index is -0.230. The van der Waals surface area contributed by atoms with Crippen LogP contribution < -0.4 is 10.6 Å². The molecule has 9 heteroatoms. The number of nitriles is 1. The number of aromatic nitrogens is 2. The van der Waals surface area contributed by atoms with Gasteiger partial charge in [-0.25, -0.2) is 9.97 Å². The van der Waals surface area contributed by atoms with Crippen molar-refractivity contribution < 1.29 is 4.79 Å². The fourth-order valence-electron chi connectivity index (χ4n) is 3.74. The quantitative estimate of drug-likeness (QED) is 0.682. The van der Waals surface area contributed by atoms with Crippen molar-refractivity contribution >= 4 is 40.2 Å². The molecule has 7 nitrogen and oxygen atoms in total. The Kier molecular flexibility index (Phi) is 8.74. The first-order valence-electron chi connectivity index (χ1n) is 9.29. The summed E-state index contributed by atoms with van der Waals surface area (Å²) in [6, 6.07) is 2.39. The van der Waals surface area contributed by atoms with Gasteiger partial charge in [-0.2, -0.15) is 5.26 Å². The molecule has 1 saturated heterocycles. The molecule has 0 unspecified atom stereocenters. The summed E-state index contributed by atoms with van der Waals surface area (Å²) in [5.74, 6) is 1.33. The zero-order valence-electron chi connectivity index (χ0n) is 15.2. The number of halogens is 2. The van der Waals surface area contributed by atoms with Gasteiger partial charge in [-0.3, -0.25) is 4.79 Å². The van der Waals surface area contributed by atoms with Gasteiger partial charge in [0, 0.05) is 31.5 Å². The molecule has 2 heterocycles. The Hall–Kier alpha value is -1.43. The summed E-state index contributed by atoms with van der Waals surface area (Å²) in [6.45, 7) is 1.94. The minimum absolute atomic E-state index is 0. The number of nitrogens with zero attached hydrogens (tertiary/aromatic N) is 4. The second kappa shape index (κ2) is 10.8. The van der Waals surface area contributed by atoms with Gasteiger partial charge in [0.1, 0.15) is 6.04 Å². The van der Waals surface area contributed by atoms with E-state index < -0.39 is 0 Å². The van der Waals surface area contributed by atoms with Gasteiger partial charge in [0.05, 0.1) is 17.1 Å². The first-order valence-corrected chi connectivity index (χ1v) is 10.1. The predicted molar refractivity (Wildman–Crippen MR) is 110 cm³/mol. The molecule has 1 amide bonds. The van der Waals surface area contributed by atoms with Crippen LogP contribution in [0.2, 0.25) is 0 Å². The molecular weight excluding hydrogens is 432 g/mol. The molecule has 0 spiro atoms. The number of carbonyl (C=O) groups excluding carboxylic acids is 1. The molecule has 1 saturated carbocycles. The topological polar surface area (TPSA) is 93.9 Å². The minimum Gasteiger partial charge on any atom is -0.354 e. The average Bonchev–Trinajstić information content (AvgIpc) is 3.15. The number of hydrogen-bond donors (Lipinski definition) is 2. The number of likely N-dealkylation sites (tertiary alicyclic amines) is 1. The summed E-state index contributed by atoms with van der Waals surface area (Å²) in [5, 5.41) is 15.8. The van der Waals surface area contributed by atoms with Crippen molar-refractivity contribution in [2.24, 2.45) is 5.92 Å². The first-order chi connectivity index (χ1) is 12.7. The molecule has 1 aliphatic carbocycles. The fraction of sp³-hybridized carbons (Fsp3) is 0.667. The Bertz CT molecular complexity index is 644. The lowest BCUT2D eigenvalue weighted by atomic mass is 9.86. The third-order valence-electron chi connectivity index (χ3n) is 5.28. The molecule has 148 valence electrons. The van der Waals surface area contributed by atoms with Gasteiger partial charge in [-0.15, -0.1) is 12.4 Å². The van der Waals surface area contributed by atoms with Crippen molar-refractivity contribution in [2.45, 2.75) is 50.6 Å². The molecule has 1 atom stereocenters. The Morgan fingerprint density at radius 1 is 1.26 bits per heavy atom. The van der Waals surface area contributed by atoms with Crippen molar-refractivity contribution in [3.8, 4) is 6.07 Å². The van der Waals surface area contributed by atoms with Crippen LogP contribution in [0.25, 0.3) is 0 Å². The molecule has 0 aromatic carbocycles. The number of anilines is 1. The van der Waals surface area contributed by atoms with Crippen LogP contribution in [0.4, 0.5) is 5.95 Å². The average molecular weight is 458 g/mol. The second-order valence-corrected chi connectivity index (χ2v) is 7.99. The van der Waals surface area contributed by atoms with E-state index in [1.54, 1.807) is 17.3 Å². The molecule has 27 heavy (non-hydrogen) atoms. The predicted octanol–water partition coefficient (Wildman–Crippen LogP) is 2.74. The van der Waals surface area contributed by atoms with Gasteiger partial charge in [0.2, 0.25) is 11.9 Å². The number of rotatable bonds is 6. The van der Waals surface area contributed by atoms with Crippen molar-refractivity contribution in [3.63, 3.8) is 0 Å². The van der Waals surface area contributed by atoms with Crippen LogP contribution >= 0.6 is 28.3 Å². The van der Waals surface area contributed by atoms with E-state index in [4.69, 9.17) is 5.26 Å². The van der Waals surface area contributed by atoms with Gasteiger partial charge in [0.15, 0.2) is 0 Å². The Labute approximate surface area is 174 Å². The SMILES string of the molecule is Cl.N#C[C@@H]1CCCN1C(=O)CN[C@H]1CC[C@H](CNc2ncc(Br)cn2)CC1. The summed E-state index contributed by atoms with van der Waals surface area (Å²) in [4.78, 5) is 22.5. The Morgan fingerprint density at radius 2 is 1.96 bits per heavy atom. The highest BCUT2D eigenvalue weighted by Gasteiger charge is 2.29. The molecule has 1 aromatic rings. The van der Waals surface area contributed by atoms with Gasteiger partial charge >= 0.3 is 0 Å². The maximum absolute atomic E-state index is 12.3. The summed E-state index contributed by atoms with van der Waals surface area (Å²) < 4.78 is 0.874. The summed E-state index contributed by atoms with van der Waals surface area (Å²) in [7, 11) is 0. The van der Waals surface area contributed by atoms with E-state index in [0.717, 1.165) is 56.1 Å². The highest BCUT2D eigenvalue weighted by atomic mass is 79.9. The van der Waals surface area contributed by atoms with Gasteiger partial charge in [0.25, 0.3) is 0 Å². The van der Waals surface area contributed by atoms with Crippen LogP contribution in [0.15, 0.2) is 16.9 Å². The van der Waals surface area contributed by atoms with Crippen molar-refractivity contribution in [1.82, 2.24) is 20.2 Å². The molecule has 2 aliphatic rings. The summed E-state index contributed by atoms with van der Waals surface area (Å²) in [5.41, 5.74) is 0. The van der Waals surface area contributed by atoms with Crippen LogP contribution in [0.1, 0.15) is 38.5 Å². The summed E-state index contributed by atoms with van der Waals surface area (Å²) >= 11 is 3.33. The fourth-order valence-corrected chi connectivity index (χ4v) is 3.95. The van der Waals surface area contributed by atoms with Crippen LogP contribution in [0, 0.1) is 17.2 Å². The highest BCUT2D eigenvalue weighted by Crippen LogP contribution is 2.24. The Morgan fingerprint density at radius 3 is 2.63 bits per heavy atom. The van der Waals surface area contributed by atoms with Crippen LogP contribution in [0.5, 0.6) is 0 Å². The third kappa shape index (κ3) is 6.30. The van der Waals surface area contributed by atoms with Gasteiger partial charge < -0.3 is 15.5 Å². The van der Waals surface area contributed by atoms with Crippen LogP contribution in [-0.4, -0.2) is 52.5 Å². The molecule has 2 fully saturated rings. The molecule has 1 aliphatic heterocycles. The number of nitrogens with one attached hydrogen (secondary N) is 2. The molecular formula is C18H26BrClN6O. The monoisotopic (exact) mass is 456 g/mol. The van der Waals surface area contributed by atoms with E-state index in [1.165, 1.54) is 0 Å². The second-order valence-electron chi connectivity index (χ2n) is 7.08. The van der Waals surface area contributed by atoms with Crippen LogP contribution in [0.3, 0.4) is 0 Å².